The van der Waals surface area contributed by atoms with Crippen molar-refractivity contribution in [2.75, 3.05) is 26.7 Å². The van der Waals surface area contributed by atoms with E-state index in [0.29, 0.717) is 31.7 Å². The highest BCUT2D eigenvalue weighted by molar-refractivity contribution is 5.94. The van der Waals surface area contributed by atoms with E-state index in [1.165, 1.54) is 6.92 Å². The molecular formula is C17H25N3O3. The summed E-state index contributed by atoms with van der Waals surface area (Å²) in [5, 5.41) is 9.66. The largest absolute Gasteiger partial charge is 0.396 e. The van der Waals surface area contributed by atoms with Crippen LogP contribution < -0.4 is 10.6 Å². The molecule has 6 heteroatoms. The number of carbonyl (C=O) groups excluding carboxylic acids is 2. The highest BCUT2D eigenvalue weighted by atomic mass is 16.6. The van der Waals surface area contributed by atoms with Crippen molar-refractivity contribution < 1.29 is 14.4 Å². The molecule has 0 aromatic heterocycles. The fraction of sp³-hybridized carbons (Fsp3) is 0.471. The molecule has 2 N–H and O–H groups in total. The number of hydrogen-bond acceptors (Lipinski definition) is 5. The highest BCUT2D eigenvalue weighted by Crippen LogP contribution is 2.03. The number of rotatable bonds is 11. The molecule has 126 valence electrons. The van der Waals surface area contributed by atoms with Gasteiger partial charge in [0.05, 0.1) is 6.21 Å². The van der Waals surface area contributed by atoms with Gasteiger partial charge in [-0.1, -0.05) is 29.4 Å². The Balaban J connectivity index is 2.08. The van der Waals surface area contributed by atoms with E-state index in [-0.39, 0.29) is 11.7 Å². The summed E-state index contributed by atoms with van der Waals surface area (Å²) in [6.45, 7) is 3.39. The van der Waals surface area contributed by atoms with Gasteiger partial charge in [0, 0.05) is 25.1 Å². The first-order valence-electron chi connectivity index (χ1n) is 7.81. The van der Waals surface area contributed by atoms with Crippen LogP contribution in [0.15, 0.2) is 29.4 Å². The van der Waals surface area contributed by atoms with Gasteiger partial charge < -0.3 is 15.5 Å². The maximum absolute atomic E-state index is 11.3. The number of amides is 1. The molecule has 6 nitrogen and oxygen atoms in total. The lowest BCUT2D eigenvalue weighted by Gasteiger charge is -2.04. The Hall–Kier alpha value is -2.21. The summed E-state index contributed by atoms with van der Waals surface area (Å²) in [7, 11) is 1.82. The maximum Gasteiger partial charge on any atom is 0.221 e. The molecule has 0 saturated carbocycles. The van der Waals surface area contributed by atoms with Crippen LogP contribution in [0.1, 0.15) is 42.1 Å². The fourth-order valence-corrected chi connectivity index (χ4v) is 1.80. The monoisotopic (exact) mass is 319 g/mol. The lowest BCUT2D eigenvalue weighted by Crippen LogP contribution is -2.27. The summed E-state index contributed by atoms with van der Waals surface area (Å²) in [5.41, 5.74) is 1.56. The second-order valence-electron chi connectivity index (χ2n) is 5.16. The van der Waals surface area contributed by atoms with Gasteiger partial charge in [0.15, 0.2) is 5.78 Å². The lowest BCUT2D eigenvalue weighted by molar-refractivity contribution is -0.121. The van der Waals surface area contributed by atoms with E-state index in [2.05, 4.69) is 15.8 Å². The Kier molecular flexibility index (Phi) is 9.31. The van der Waals surface area contributed by atoms with E-state index in [4.69, 9.17) is 4.84 Å². The molecule has 0 spiro atoms. The minimum atomic E-state index is 0.0442. The molecule has 1 aromatic rings. The van der Waals surface area contributed by atoms with Gasteiger partial charge >= 0.3 is 0 Å². The van der Waals surface area contributed by atoms with Gasteiger partial charge in [-0.3, -0.25) is 9.59 Å². The van der Waals surface area contributed by atoms with Crippen LogP contribution in [0.3, 0.4) is 0 Å². The molecule has 0 aliphatic rings. The SMILES string of the molecule is CNCCC(=O)NCCCCO/N=C/c1ccc(C(C)=O)cc1. The van der Waals surface area contributed by atoms with Gasteiger partial charge in [0.1, 0.15) is 6.61 Å². The zero-order chi connectivity index (χ0) is 16.9. The van der Waals surface area contributed by atoms with Crippen LogP contribution in [0.25, 0.3) is 0 Å². The van der Waals surface area contributed by atoms with Gasteiger partial charge in [-0.2, -0.15) is 0 Å². The first-order chi connectivity index (χ1) is 11.1. The van der Waals surface area contributed by atoms with Crippen LogP contribution in [0.5, 0.6) is 0 Å². The van der Waals surface area contributed by atoms with Crippen molar-refractivity contribution in [3.8, 4) is 0 Å². The number of oxime groups is 1. The fourth-order valence-electron chi connectivity index (χ4n) is 1.80. The van der Waals surface area contributed by atoms with Crippen molar-refractivity contribution in [3.05, 3.63) is 35.4 Å². The molecule has 1 aromatic carbocycles. The number of Topliss-reactive ketones (excluding diaryl/α,β-unsaturated/α-hetero) is 1. The topological polar surface area (TPSA) is 79.8 Å². The number of hydrogen-bond donors (Lipinski definition) is 2. The minimum Gasteiger partial charge on any atom is -0.396 e. The molecule has 0 saturated heterocycles. The van der Waals surface area contributed by atoms with E-state index in [0.717, 1.165) is 18.4 Å². The Morgan fingerprint density at radius 1 is 1.17 bits per heavy atom. The molecule has 1 rings (SSSR count). The number of ketones is 1. The Morgan fingerprint density at radius 3 is 2.57 bits per heavy atom. The molecule has 0 fully saturated rings. The molecular weight excluding hydrogens is 294 g/mol. The molecule has 0 atom stereocenters. The standard InChI is InChI=1S/C17H25N3O3/c1-14(21)16-7-5-15(6-8-16)13-20-23-12-4-3-10-19-17(22)9-11-18-2/h5-8,13,18H,3-4,9-12H2,1-2H3,(H,19,22)/b20-13+. The van der Waals surface area contributed by atoms with E-state index in [9.17, 15) is 9.59 Å². The van der Waals surface area contributed by atoms with Crippen LogP contribution in [0, 0.1) is 0 Å². The third-order valence-corrected chi connectivity index (χ3v) is 3.18. The van der Waals surface area contributed by atoms with E-state index in [1.807, 2.05) is 19.2 Å². The van der Waals surface area contributed by atoms with E-state index < -0.39 is 0 Å². The Labute approximate surface area is 137 Å². The normalized spacial score (nSPS) is 10.7. The predicted octanol–water partition coefficient (Wildman–Crippen LogP) is 1.75. The first kappa shape index (κ1) is 18.8. The van der Waals surface area contributed by atoms with Gasteiger partial charge in [0.25, 0.3) is 0 Å². The third kappa shape index (κ3) is 8.73. The summed E-state index contributed by atoms with van der Waals surface area (Å²) >= 11 is 0. The van der Waals surface area contributed by atoms with Crippen LogP contribution in [0.2, 0.25) is 0 Å². The van der Waals surface area contributed by atoms with Gasteiger partial charge in [-0.15, -0.1) is 0 Å². The van der Waals surface area contributed by atoms with Crippen molar-refractivity contribution in [2.24, 2.45) is 5.16 Å². The molecule has 0 aliphatic carbocycles. The van der Waals surface area contributed by atoms with Crippen molar-refractivity contribution in [1.82, 2.24) is 10.6 Å². The Bertz CT molecular complexity index is 512. The zero-order valence-electron chi connectivity index (χ0n) is 13.8. The number of carbonyl (C=O) groups is 2. The summed E-state index contributed by atoms with van der Waals surface area (Å²) < 4.78 is 0. The van der Waals surface area contributed by atoms with E-state index in [1.54, 1.807) is 18.3 Å². The summed E-state index contributed by atoms with van der Waals surface area (Å²) in [5.74, 6) is 0.107. The van der Waals surface area contributed by atoms with Crippen molar-refractivity contribution >= 4 is 17.9 Å². The van der Waals surface area contributed by atoms with Crippen LogP contribution in [-0.2, 0) is 9.63 Å². The molecule has 0 aliphatic heterocycles. The maximum atomic E-state index is 11.3. The average molecular weight is 319 g/mol. The number of nitrogens with zero attached hydrogens (tertiary/aromatic N) is 1. The molecule has 0 heterocycles. The predicted molar refractivity (Wildman–Crippen MR) is 90.8 cm³/mol. The highest BCUT2D eigenvalue weighted by Gasteiger charge is 1.99. The molecule has 0 radical (unpaired) electrons. The van der Waals surface area contributed by atoms with Crippen molar-refractivity contribution in [2.45, 2.75) is 26.2 Å². The minimum absolute atomic E-state index is 0.0442. The number of benzene rings is 1. The Morgan fingerprint density at radius 2 is 1.91 bits per heavy atom. The quantitative estimate of drug-likeness (QED) is 0.282. The smallest absolute Gasteiger partial charge is 0.221 e. The lowest BCUT2D eigenvalue weighted by atomic mass is 10.1. The van der Waals surface area contributed by atoms with Crippen molar-refractivity contribution in [3.63, 3.8) is 0 Å². The number of unbranched alkanes of at least 4 members (excludes halogenated alkanes) is 1. The van der Waals surface area contributed by atoms with Gasteiger partial charge in [-0.25, -0.2) is 0 Å². The van der Waals surface area contributed by atoms with Gasteiger partial charge in [0.2, 0.25) is 5.91 Å². The second kappa shape index (κ2) is 11.4. The second-order valence-corrected chi connectivity index (χ2v) is 5.16. The van der Waals surface area contributed by atoms with Crippen LogP contribution in [0.4, 0.5) is 0 Å². The average Bonchev–Trinajstić information content (AvgIpc) is 2.55. The van der Waals surface area contributed by atoms with Crippen molar-refractivity contribution in [1.29, 1.82) is 0 Å². The third-order valence-electron chi connectivity index (χ3n) is 3.18. The van der Waals surface area contributed by atoms with Crippen LogP contribution >= 0.6 is 0 Å². The number of nitrogens with one attached hydrogen (secondary N) is 2. The molecule has 23 heavy (non-hydrogen) atoms. The molecule has 0 unspecified atom stereocenters. The van der Waals surface area contributed by atoms with Gasteiger partial charge in [-0.05, 0) is 32.4 Å². The summed E-state index contributed by atoms with van der Waals surface area (Å²) in [4.78, 5) is 27.6. The summed E-state index contributed by atoms with van der Waals surface area (Å²) in [6, 6.07) is 7.18. The molecule has 1 amide bonds. The van der Waals surface area contributed by atoms with Crippen LogP contribution in [-0.4, -0.2) is 44.6 Å². The first-order valence-corrected chi connectivity index (χ1v) is 7.81. The summed E-state index contributed by atoms with van der Waals surface area (Å²) in [6.07, 6.45) is 3.80. The van der Waals surface area contributed by atoms with E-state index >= 15 is 0 Å². The molecule has 0 bridgehead atoms. The zero-order valence-corrected chi connectivity index (χ0v) is 13.8.